The Labute approximate surface area is 164 Å². The van der Waals surface area contributed by atoms with Crippen molar-refractivity contribution in [2.75, 3.05) is 20.0 Å². The second-order valence-electron chi connectivity index (χ2n) is 6.51. The minimum atomic E-state index is -3.75. The zero-order valence-corrected chi connectivity index (χ0v) is 16.8. The number of carbonyl (C=O) groups is 2. The molecule has 1 aromatic rings. The van der Waals surface area contributed by atoms with E-state index in [1.165, 1.54) is 38.6 Å². The van der Waals surface area contributed by atoms with Gasteiger partial charge in [0.15, 0.2) is 9.84 Å². The average molecular weight is 412 g/mol. The van der Waals surface area contributed by atoms with Crippen molar-refractivity contribution in [3.63, 3.8) is 0 Å². The second-order valence-corrected chi connectivity index (χ2v) is 9.11. The summed E-state index contributed by atoms with van der Waals surface area (Å²) >= 11 is 0. The lowest BCUT2D eigenvalue weighted by molar-refractivity contribution is -0.131. The van der Waals surface area contributed by atoms with Gasteiger partial charge in [0.05, 0.1) is 11.4 Å². The molecule has 4 N–H and O–H groups in total. The molecule has 2 amide bonds. The zero-order chi connectivity index (χ0) is 21.5. The molecule has 9 nitrogen and oxygen atoms in total. The van der Waals surface area contributed by atoms with E-state index in [0.29, 0.717) is 5.56 Å². The fraction of sp³-hybridized carbons (Fsp3) is 0.444. The van der Waals surface area contributed by atoms with Crippen molar-refractivity contribution >= 4 is 21.7 Å². The third-order valence-electron chi connectivity index (χ3n) is 4.27. The summed E-state index contributed by atoms with van der Waals surface area (Å²) in [7, 11) is -2.33. The highest BCUT2D eigenvalue weighted by Gasteiger charge is 2.44. The average Bonchev–Trinajstić information content (AvgIpc) is 2.65. The molecule has 1 aromatic carbocycles. The lowest BCUT2D eigenvalue weighted by Gasteiger charge is -2.31. The Kier molecular flexibility index (Phi) is 8.14. The van der Waals surface area contributed by atoms with Crippen molar-refractivity contribution in [2.45, 2.75) is 30.7 Å². The van der Waals surface area contributed by atoms with E-state index in [1.807, 2.05) is 0 Å². The number of rotatable bonds is 7. The minimum Gasteiger partial charge on any atom is -0.393 e. The van der Waals surface area contributed by atoms with Crippen LogP contribution >= 0.6 is 0 Å². The van der Waals surface area contributed by atoms with E-state index in [0.717, 1.165) is 6.26 Å². The maximum absolute atomic E-state index is 12.5. The molecule has 0 fully saturated rings. The molecule has 0 aliphatic rings. The summed E-state index contributed by atoms with van der Waals surface area (Å²) in [5.74, 6) is 3.73. The van der Waals surface area contributed by atoms with Gasteiger partial charge in [0.2, 0.25) is 0 Å². The number of aliphatic hydroxyl groups excluding tert-OH is 1. The number of amides is 2. The normalized spacial score (nSPS) is 13.6. The van der Waals surface area contributed by atoms with Crippen molar-refractivity contribution in [3.05, 3.63) is 35.4 Å². The molecule has 0 saturated carbocycles. The van der Waals surface area contributed by atoms with Crippen molar-refractivity contribution in [1.82, 2.24) is 10.8 Å². The standard InChI is InChI=1S/C18H24N2O7S/c1-18(2,28(4,25)26)15(17(23)20-24)19-16(22)13-8-5-12(6-9-13)7-10-14(11-21)27-3/h5-6,8-9,14-15,21,24H,11H2,1-4H3,(H,19,22)(H,20,23)/t14?,15-/m1/s1. The number of hydrogen-bond donors (Lipinski definition) is 4. The molecule has 0 aliphatic carbocycles. The number of carbonyl (C=O) groups excluding carboxylic acids is 2. The van der Waals surface area contributed by atoms with Crippen LogP contribution in [-0.2, 0) is 19.4 Å². The number of nitrogens with one attached hydrogen (secondary N) is 2. The molecular formula is C18H24N2O7S. The summed E-state index contributed by atoms with van der Waals surface area (Å²) in [6.07, 6.45) is 0.308. The van der Waals surface area contributed by atoms with Gasteiger partial charge in [0, 0.05) is 24.5 Å². The Morgan fingerprint density at radius 2 is 1.82 bits per heavy atom. The largest absolute Gasteiger partial charge is 0.393 e. The Bertz CT molecular complexity index is 863. The summed E-state index contributed by atoms with van der Waals surface area (Å²) in [5, 5.41) is 20.3. The summed E-state index contributed by atoms with van der Waals surface area (Å²) in [5.41, 5.74) is 2.11. The number of hydrogen-bond acceptors (Lipinski definition) is 7. The van der Waals surface area contributed by atoms with Gasteiger partial charge in [0.1, 0.15) is 12.1 Å². The van der Waals surface area contributed by atoms with Crippen molar-refractivity contribution < 1.29 is 33.1 Å². The predicted molar refractivity (Wildman–Crippen MR) is 101 cm³/mol. The molecule has 28 heavy (non-hydrogen) atoms. The molecular weight excluding hydrogens is 388 g/mol. The molecule has 10 heteroatoms. The Morgan fingerprint density at radius 3 is 2.25 bits per heavy atom. The fourth-order valence-corrected chi connectivity index (χ4v) is 2.69. The van der Waals surface area contributed by atoms with E-state index in [2.05, 4.69) is 17.2 Å². The first kappa shape index (κ1) is 23.6. The van der Waals surface area contributed by atoms with Crippen LogP contribution < -0.4 is 10.8 Å². The van der Waals surface area contributed by atoms with Gasteiger partial charge in [-0.05, 0) is 38.1 Å². The lowest BCUT2D eigenvalue weighted by atomic mass is 10.0. The number of ether oxygens (including phenoxy) is 1. The Hall–Kier alpha value is -2.45. The van der Waals surface area contributed by atoms with E-state index in [1.54, 1.807) is 12.1 Å². The Balaban J connectivity index is 3.05. The smallest absolute Gasteiger partial charge is 0.267 e. The number of benzene rings is 1. The first-order valence-corrected chi connectivity index (χ1v) is 10.1. The van der Waals surface area contributed by atoms with Gasteiger partial charge in [-0.3, -0.25) is 14.8 Å². The van der Waals surface area contributed by atoms with E-state index in [4.69, 9.17) is 15.1 Å². The highest BCUT2D eigenvalue weighted by molar-refractivity contribution is 7.92. The van der Waals surface area contributed by atoms with Gasteiger partial charge in [-0.15, -0.1) is 0 Å². The second kappa shape index (κ2) is 9.66. The highest BCUT2D eigenvalue weighted by Crippen LogP contribution is 2.21. The van der Waals surface area contributed by atoms with Crippen LogP contribution in [0.2, 0.25) is 0 Å². The molecule has 0 radical (unpaired) electrons. The third kappa shape index (κ3) is 5.77. The molecule has 0 saturated heterocycles. The first-order chi connectivity index (χ1) is 13.0. The van der Waals surface area contributed by atoms with Crippen LogP contribution in [0.4, 0.5) is 0 Å². The van der Waals surface area contributed by atoms with Crippen molar-refractivity contribution in [1.29, 1.82) is 0 Å². The molecule has 1 rings (SSSR count). The maximum atomic E-state index is 12.5. The van der Waals surface area contributed by atoms with Gasteiger partial charge in [0.25, 0.3) is 11.8 Å². The van der Waals surface area contributed by atoms with Crippen molar-refractivity contribution in [2.24, 2.45) is 0 Å². The summed E-state index contributed by atoms with van der Waals surface area (Å²) < 4.78 is 27.3. The number of hydroxylamine groups is 1. The number of sulfone groups is 1. The van der Waals surface area contributed by atoms with Gasteiger partial charge in [-0.25, -0.2) is 13.9 Å². The molecule has 0 spiro atoms. The predicted octanol–water partition coefficient (Wildman–Crippen LogP) is -0.528. The molecule has 154 valence electrons. The van der Waals surface area contributed by atoms with Crippen LogP contribution in [0.3, 0.4) is 0 Å². The molecule has 0 bridgehead atoms. The fourth-order valence-electron chi connectivity index (χ4n) is 2.10. The van der Waals surface area contributed by atoms with E-state index >= 15 is 0 Å². The number of aliphatic hydroxyl groups is 1. The van der Waals surface area contributed by atoms with E-state index < -0.39 is 38.5 Å². The summed E-state index contributed by atoms with van der Waals surface area (Å²) in [6.45, 7) is 2.29. The monoisotopic (exact) mass is 412 g/mol. The highest BCUT2D eigenvalue weighted by atomic mass is 32.2. The number of methoxy groups -OCH3 is 1. The quantitative estimate of drug-likeness (QED) is 0.268. The topological polar surface area (TPSA) is 142 Å². The van der Waals surface area contributed by atoms with E-state index in [9.17, 15) is 18.0 Å². The van der Waals surface area contributed by atoms with Crippen LogP contribution in [0.15, 0.2) is 24.3 Å². The van der Waals surface area contributed by atoms with E-state index in [-0.39, 0.29) is 12.2 Å². The van der Waals surface area contributed by atoms with Gasteiger partial charge < -0.3 is 15.2 Å². The van der Waals surface area contributed by atoms with Crippen molar-refractivity contribution in [3.8, 4) is 11.8 Å². The third-order valence-corrected chi connectivity index (χ3v) is 6.42. The molecule has 0 aliphatic heterocycles. The van der Waals surface area contributed by atoms with Crippen LogP contribution in [0.1, 0.15) is 29.8 Å². The molecule has 0 heterocycles. The zero-order valence-electron chi connectivity index (χ0n) is 16.0. The minimum absolute atomic E-state index is 0.163. The van der Waals surface area contributed by atoms with Crippen LogP contribution in [-0.4, -0.2) is 67.4 Å². The van der Waals surface area contributed by atoms with Gasteiger partial charge in [-0.1, -0.05) is 11.8 Å². The van der Waals surface area contributed by atoms with Crippen LogP contribution in [0, 0.1) is 11.8 Å². The van der Waals surface area contributed by atoms with Gasteiger partial charge >= 0.3 is 0 Å². The maximum Gasteiger partial charge on any atom is 0.267 e. The van der Waals surface area contributed by atoms with Crippen LogP contribution in [0.5, 0.6) is 0 Å². The molecule has 2 atom stereocenters. The first-order valence-electron chi connectivity index (χ1n) is 8.17. The molecule has 0 aromatic heterocycles. The summed E-state index contributed by atoms with van der Waals surface area (Å²) in [6, 6.07) is 4.47. The SMILES string of the molecule is COC(C#Cc1ccc(C(=O)N[C@H](C(=O)NO)C(C)(C)S(C)(=O)=O)cc1)CO. The molecule has 1 unspecified atom stereocenters. The Morgan fingerprint density at radius 1 is 1.25 bits per heavy atom. The lowest BCUT2D eigenvalue weighted by Crippen LogP contribution is -2.60. The summed E-state index contributed by atoms with van der Waals surface area (Å²) in [4.78, 5) is 24.4. The van der Waals surface area contributed by atoms with Crippen LogP contribution in [0.25, 0.3) is 0 Å². The van der Waals surface area contributed by atoms with Gasteiger partial charge in [-0.2, -0.15) is 0 Å².